The van der Waals surface area contributed by atoms with E-state index in [9.17, 15) is 0 Å². The molecule has 2 aromatic rings. The molecule has 2 aromatic carbocycles. The Morgan fingerprint density at radius 3 is 1.50 bits per heavy atom. The molecule has 2 rings (SSSR count). The van der Waals surface area contributed by atoms with E-state index in [1.807, 2.05) is 36.4 Å². The largest absolute Gasteiger partial charge is 0.494 e. The van der Waals surface area contributed by atoms with Crippen molar-refractivity contribution in [2.75, 3.05) is 27.3 Å². The van der Waals surface area contributed by atoms with E-state index in [1.54, 1.807) is 14.2 Å². The normalized spacial score (nSPS) is 9.75. The molecule has 7 nitrogen and oxygen atoms in total. The minimum Gasteiger partial charge on any atom is -0.494 e. The van der Waals surface area contributed by atoms with E-state index in [2.05, 4.69) is 49.7 Å². The van der Waals surface area contributed by atoms with Gasteiger partial charge in [-0.05, 0) is 65.1 Å². The summed E-state index contributed by atoms with van der Waals surface area (Å²) in [7, 11) is 3.23. The van der Waals surface area contributed by atoms with Crippen LogP contribution in [0.2, 0.25) is 0 Å². The first-order chi connectivity index (χ1) is 15.5. The summed E-state index contributed by atoms with van der Waals surface area (Å²) in [6.07, 6.45) is 3.62. The van der Waals surface area contributed by atoms with E-state index >= 15 is 0 Å². The molecule has 0 fully saturated rings. The van der Waals surface area contributed by atoms with Crippen LogP contribution >= 0.6 is 0 Å². The maximum absolute atomic E-state index is 5.32. The number of benzene rings is 2. The number of nitrogens with two attached hydrogens (primary N) is 2. The maximum Gasteiger partial charge on any atom is 0.172 e. The molecule has 0 spiro atoms. The zero-order chi connectivity index (χ0) is 24.4. The van der Waals surface area contributed by atoms with Crippen molar-refractivity contribution in [3.8, 4) is 11.5 Å². The number of methoxy groups -OCH3 is 2. The Kier molecular flexibility index (Phi) is 16.3. The number of ether oxygens (including phenoxy) is 2. The highest BCUT2D eigenvalue weighted by Crippen LogP contribution is 2.28. The summed E-state index contributed by atoms with van der Waals surface area (Å²) in [5.74, 6) is 1.43. The van der Waals surface area contributed by atoms with Crippen molar-refractivity contribution in [1.29, 1.82) is 0 Å². The molecular weight excluding hydrogens is 402 g/mol. The lowest BCUT2D eigenvalue weighted by Crippen LogP contribution is -2.23. The highest BCUT2D eigenvalue weighted by molar-refractivity contribution is 5.53. The van der Waals surface area contributed by atoms with E-state index in [4.69, 9.17) is 20.5 Å². The van der Waals surface area contributed by atoms with E-state index in [-0.39, 0.29) is 0 Å². The Bertz CT molecular complexity index is 790. The monoisotopic (exact) mass is 445 g/mol. The topological polar surface area (TPSA) is 97.6 Å². The average molecular weight is 446 g/mol. The molecule has 178 valence electrons. The van der Waals surface area contributed by atoms with E-state index < -0.39 is 0 Å². The Labute approximate surface area is 194 Å². The molecule has 0 aromatic heterocycles. The van der Waals surface area contributed by atoms with Gasteiger partial charge in [0, 0.05) is 6.54 Å². The van der Waals surface area contributed by atoms with Crippen molar-refractivity contribution in [2.24, 2.45) is 10.2 Å². The summed E-state index contributed by atoms with van der Waals surface area (Å²) >= 11 is 0. The summed E-state index contributed by atoms with van der Waals surface area (Å²) in [4.78, 5) is 2.34. The summed E-state index contributed by atoms with van der Waals surface area (Å²) in [5.41, 5.74) is 14.3. The molecule has 4 N–H and O–H groups in total. The van der Waals surface area contributed by atoms with Gasteiger partial charge in [0.15, 0.2) is 22.9 Å². The Morgan fingerprint density at radius 1 is 0.719 bits per heavy atom. The van der Waals surface area contributed by atoms with Crippen molar-refractivity contribution >= 4 is 11.4 Å². The fourth-order valence-electron chi connectivity index (χ4n) is 2.70. The van der Waals surface area contributed by atoms with Crippen LogP contribution in [0.1, 0.15) is 58.6 Å². The molecule has 0 amide bonds. The Balaban J connectivity index is 0.000000529. The van der Waals surface area contributed by atoms with Gasteiger partial charge in [-0.1, -0.05) is 59.6 Å². The van der Waals surface area contributed by atoms with Crippen molar-refractivity contribution < 1.29 is 20.5 Å². The minimum atomic E-state index is 0.701. The summed E-state index contributed by atoms with van der Waals surface area (Å²) < 4.78 is 10.2. The van der Waals surface area contributed by atoms with Gasteiger partial charge in [0.1, 0.15) is 0 Å². The summed E-state index contributed by atoms with van der Waals surface area (Å²) in [6, 6.07) is 11.7. The number of rotatable bonds is 10. The molecular formula is C25H43N5O2+2. The van der Waals surface area contributed by atoms with Crippen LogP contribution in [0.3, 0.4) is 0 Å². The first-order valence-corrected chi connectivity index (χ1v) is 11.4. The van der Waals surface area contributed by atoms with Crippen LogP contribution in [0.15, 0.2) is 46.6 Å². The number of unbranched alkanes of at least 4 members (excludes halogenated alkanes) is 1. The zero-order valence-electron chi connectivity index (χ0n) is 21.0. The van der Waals surface area contributed by atoms with Crippen LogP contribution in [-0.2, 0) is 13.0 Å². The van der Waals surface area contributed by atoms with Crippen LogP contribution in [0.25, 0.3) is 0 Å². The lowest BCUT2D eigenvalue weighted by atomic mass is 10.1. The number of aryl methyl sites for hydroxylation is 1. The van der Waals surface area contributed by atoms with Crippen LogP contribution in [-0.4, -0.2) is 32.2 Å². The van der Waals surface area contributed by atoms with E-state index in [0.717, 1.165) is 31.8 Å². The van der Waals surface area contributed by atoms with Gasteiger partial charge in [-0.25, -0.2) is 0 Å². The molecule has 0 aliphatic heterocycles. The molecule has 0 radical (unpaired) electrons. The highest BCUT2D eigenvalue weighted by atomic mass is 16.5. The van der Waals surface area contributed by atoms with Gasteiger partial charge in [0.2, 0.25) is 0 Å². The third-order valence-corrected chi connectivity index (χ3v) is 4.97. The Morgan fingerprint density at radius 2 is 1.16 bits per heavy atom. The molecule has 32 heavy (non-hydrogen) atoms. The molecule has 0 aliphatic carbocycles. The third kappa shape index (κ3) is 10.5. The molecule has 0 heterocycles. The number of hydrogen-bond donors (Lipinski definition) is 2. The molecule has 0 aliphatic rings. The fraction of sp³-hybridized carbons (Fsp3) is 0.520. The molecule has 0 atom stereocenters. The van der Waals surface area contributed by atoms with Crippen LogP contribution in [0.5, 0.6) is 11.5 Å². The van der Waals surface area contributed by atoms with Gasteiger partial charge in [0.05, 0.1) is 14.2 Å². The van der Waals surface area contributed by atoms with Crippen molar-refractivity contribution in [3.63, 3.8) is 0 Å². The van der Waals surface area contributed by atoms with E-state index in [1.165, 1.54) is 24.0 Å². The average Bonchev–Trinajstić information content (AvgIpc) is 2.86. The van der Waals surface area contributed by atoms with Gasteiger partial charge in [-0.2, -0.15) is 11.1 Å². The second kappa shape index (κ2) is 17.8. The van der Waals surface area contributed by atoms with Gasteiger partial charge < -0.3 is 9.47 Å². The lowest BCUT2D eigenvalue weighted by Gasteiger charge is -2.18. The smallest absolute Gasteiger partial charge is 0.172 e. The molecule has 0 bridgehead atoms. The summed E-state index contributed by atoms with van der Waals surface area (Å²) in [6.45, 7) is 13.7. The molecule has 7 heteroatoms. The quantitative estimate of drug-likeness (QED) is 0.534. The predicted molar refractivity (Wildman–Crippen MR) is 131 cm³/mol. The highest BCUT2D eigenvalue weighted by Gasteiger charge is 2.07. The van der Waals surface area contributed by atoms with Gasteiger partial charge in [-0.3, -0.25) is 4.90 Å². The van der Waals surface area contributed by atoms with Crippen LogP contribution in [0.4, 0.5) is 11.4 Å². The van der Waals surface area contributed by atoms with Crippen molar-refractivity contribution in [2.45, 2.75) is 60.4 Å². The summed E-state index contributed by atoms with van der Waals surface area (Å²) in [5, 5.41) is 7.34. The third-order valence-electron chi connectivity index (χ3n) is 4.97. The standard InChI is InChI=1S/C12H19N3O.C9H12N2O.C4H10/c1-4-15(5-2)9-10-6-7-12(16-3)11(8-10)14-13;1-3-7-4-5-9(12-2)8(6-7)11-10;1-3-4-2/h6-8,13H,4-5,9H2,1-3H3;4-6,10H,3H2,1-2H3;3-4H2,1-2H3/p+2. The van der Waals surface area contributed by atoms with Gasteiger partial charge in [0.25, 0.3) is 0 Å². The van der Waals surface area contributed by atoms with Crippen molar-refractivity contribution in [1.82, 2.24) is 4.90 Å². The second-order valence-electron chi connectivity index (χ2n) is 7.09. The first-order valence-electron chi connectivity index (χ1n) is 11.4. The first kappa shape index (κ1) is 29.2. The Hall–Kier alpha value is -2.80. The SMILES string of the molecule is CCCC.CCN(CC)Cc1ccc(OC)c(N=[NH2+])c1.CCc1ccc(OC)c(N=[NH2+])c1. The number of nitrogens with zero attached hydrogens (tertiary/aromatic N) is 3. The van der Waals surface area contributed by atoms with Crippen molar-refractivity contribution in [3.05, 3.63) is 47.5 Å². The minimum absolute atomic E-state index is 0.701. The van der Waals surface area contributed by atoms with Gasteiger partial charge in [-0.15, -0.1) is 0 Å². The molecule has 0 unspecified atom stereocenters. The fourth-order valence-corrected chi connectivity index (χ4v) is 2.70. The molecule has 0 saturated heterocycles. The number of hydrogen-bond acceptors (Lipinski definition) is 5. The molecule has 0 saturated carbocycles. The second-order valence-corrected chi connectivity index (χ2v) is 7.09. The van der Waals surface area contributed by atoms with E-state index in [0.29, 0.717) is 17.1 Å². The predicted octanol–water partition coefficient (Wildman–Crippen LogP) is 4.29. The maximum atomic E-state index is 5.32. The van der Waals surface area contributed by atoms with Gasteiger partial charge >= 0.3 is 0 Å². The zero-order valence-corrected chi connectivity index (χ0v) is 21.0. The van der Waals surface area contributed by atoms with Crippen LogP contribution < -0.4 is 20.5 Å². The lowest BCUT2D eigenvalue weighted by molar-refractivity contribution is -0.211. The van der Waals surface area contributed by atoms with Crippen LogP contribution in [0, 0.1) is 0 Å².